The molecule has 0 saturated carbocycles. The molecule has 2 aliphatic rings. The van der Waals surface area contributed by atoms with Gasteiger partial charge in [-0.3, -0.25) is 15.4 Å². The highest BCUT2D eigenvalue weighted by molar-refractivity contribution is 5.69. The van der Waals surface area contributed by atoms with Crippen molar-refractivity contribution in [1.29, 1.82) is 0 Å². The van der Waals surface area contributed by atoms with Crippen LogP contribution in [0.25, 0.3) is 11.4 Å². The summed E-state index contributed by atoms with van der Waals surface area (Å²) in [6.45, 7) is 0.252. The number of anilines is 1. The lowest BCUT2D eigenvalue weighted by Crippen LogP contribution is -2.34. The Bertz CT molecular complexity index is 1010. The number of pyridine rings is 1. The van der Waals surface area contributed by atoms with Gasteiger partial charge in [0.1, 0.15) is 0 Å². The average molecular weight is 345 g/mol. The van der Waals surface area contributed by atoms with Crippen molar-refractivity contribution < 1.29 is 9.47 Å². The zero-order valence-corrected chi connectivity index (χ0v) is 13.7. The standard InChI is InChI=1S/C19H15N5O2/c1-3-15(12-20-8-1)23-10-2-4-16(22-23)17-7-9-21-24(17)14-5-6-18-19(11-14)26-13-25-18/h1-12,22H,13H2. The fourth-order valence-corrected chi connectivity index (χ4v) is 2.95. The molecule has 1 aromatic carbocycles. The summed E-state index contributed by atoms with van der Waals surface area (Å²) < 4.78 is 12.7. The van der Waals surface area contributed by atoms with Gasteiger partial charge >= 0.3 is 0 Å². The number of rotatable bonds is 3. The van der Waals surface area contributed by atoms with Crippen LogP contribution in [0.15, 0.2) is 73.3 Å². The van der Waals surface area contributed by atoms with E-state index in [1.807, 2.05) is 64.4 Å². The molecule has 5 rings (SSSR count). The Hall–Kier alpha value is -3.74. The highest BCUT2D eigenvalue weighted by Crippen LogP contribution is 2.34. The van der Waals surface area contributed by atoms with Crippen molar-refractivity contribution >= 4 is 11.4 Å². The molecule has 1 N–H and O–H groups in total. The maximum Gasteiger partial charge on any atom is 0.231 e. The van der Waals surface area contributed by atoms with Crippen molar-refractivity contribution in [3.05, 3.63) is 79.0 Å². The molecule has 7 heteroatoms. The normalized spacial score (nSPS) is 14.9. The van der Waals surface area contributed by atoms with E-state index in [0.717, 1.165) is 34.3 Å². The Labute approximate surface area is 149 Å². The summed E-state index contributed by atoms with van der Waals surface area (Å²) in [6.07, 6.45) is 11.3. The van der Waals surface area contributed by atoms with Crippen LogP contribution in [0.5, 0.6) is 11.5 Å². The number of fused-ring (bicyclic) bond motifs is 1. The second-order valence-corrected chi connectivity index (χ2v) is 5.78. The van der Waals surface area contributed by atoms with E-state index in [4.69, 9.17) is 9.47 Å². The van der Waals surface area contributed by atoms with Gasteiger partial charge in [-0.15, -0.1) is 0 Å². The molecule has 2 aromatic heterocycles. The topological polar surface area (TPSA) is 64.4 Å². The van der Waals surface area contributed by atoms with Crippen LogP contribution in [0.3, 0.4) is 0 Å². The fraction of sp³-hybridized carbons (Fsp3) is 0.0526. The van der Waals surface area contributed by atoms with Gasteiger partial charge in [-0.25, -0.2) is 4.68 Å². The van der Waals surface area contributed by atoms with E-state index in [1.165, 1.54) is 0 Å². The van der Waals surface area contributed by atoms with E-state index < -0.39 is 0 Å². The lowest BCUT2D eigenvalue weighted by atomic mass is 10.2. The third-order valence-electron chi connectivity index (χ3n) is 4.18. The molecule has 0 bridgehead atoms. The van der Waals surface area contributed by atoms with Crippen LogP contribution in [0.1, 0.15) is 5.69 Å². The molecule has 2 aliphatic heterocycles. The van der Waals surface area contributed by atoms with Gasteiger partial charge in [0, 0.05) is 18.5 Å². The van der Waals surface area contributed by atoms with E-state index in [1.54, 1.807) is 18.6 Å². The first-order valence-corrected chi connectivity index (χ1v) is 8.17. The molecule has 0 fully saturated rings. The summed E-state index contributed by atoms with van der Waals surface area (Å²) in [5.41, 5.74) is 7.09. The summed E-state index contributed by atoms with van der Waals surface area (Å²) in [5, 5.41) is 6.39. The minimum Gasteiger partial charge on any atom is -0.454 e. The van der Waals surface area contributed by atoms with Crippen molar-refractivity contribution in [2.45, 2.75) is 0 Å². The van der Waals surface area contributed by atoms with Crippen LogP contribution >= 0.6 is 0 Å². The van der Waals surface area contributed by atoms with E-state index >= 15 is 0 Å². The SMILES string of the molecule is C1=CN(c2cccnc2)NC(c2ccnn2-c2ccc3c(c2)OCO3)=C1. The summed E-state index contributed by atoms with van der Waals surface area (Å²) in [5.74, 6) is 1.48. The summed E-state index contributed by atoms with van der Waals surface area (Å²) >= 11 is 0. The average Bonchev–Trinajstić information content (AvgIpc) is 3.37. The summed E-state index contributed by atoms with van der Waals surface area (Å²) in [4.78, 5) is 4.17. The first-order chi connectivity index (χ1) is 12.9. The van der Waals surface area contributed by atoms with Gasteiger partial charge in [0.25, 0.3) is 0 Å². The van der Waals surface area contributed by atoms with E-state index in [2.05, 4.69) is 15.5 Å². The van der Waals surface area contributed by atoms with Crippen molar-refractivity contribution in [2.24, 2.45) is 0 Å². The Morgan fingerprint density at radius 2 is 1.96 bits per heavy atom. The van der Waals surface area contributed by atoms with Crippen LogP contribution in [-0.2, 0) is 0 Å². The second-order valence-electron chi connectivity index (χ2n) is 5.78. The van der Waals surface area contributed by atoms with Gasteiger partial charge < -0.3 is 9.47 Å². The number of benzene rings is 1. The lowest BCUT2D eigenvalue weighted by molar-refractivity contribution is 0.174. The third kappa shape index (κ3) is 2.46. The molecular formula is C19H15N5O2. The molecule has 0 unspecified atom stereocenters. The van der Waals surface area contributed by atoms with Crippen molar-refractivity contribution in [1.82, 2.24) is 20.2 Å². The van der Waals surface area contributed by atoms with Crippen molar-refractivity contribution in [3.8, 4) is 17.2 Å². The van der Waals surface area contributed by atoms with Crippen LogP contribution in [-0.4, -0.2) is 21.6 Å². The summed E-state index contributed by atoms with van der Waals surface area (Å²) in [6, 6.07) is 11.6. The van der Waals surface area contributed by atoms with Gasteiger partial charge in [-0.2, -0.15) is 5.10 Å². The Kier molecular flexibility index (Phi) is 3.35. The van der Waals surface area contributed by atoms with E-state index in [9.17, 15) is 0 Å². The van der Waals surface area contributed by atoms with Crippen LogP contribution in [0.4, 0.5) is 5.69 Å². The number of aromatic nitrogens is 3. The Balaban J connectivity index is 1.48. The fourth-order valence-electron chi connectivity index (χ4n) is 2.95. The zero-order valence-electron chi connectivity index (χ0n) is 13.7. The summed E-state index contributed by atoms with van der Waals surface area (Å²) in [7, 11) is 0. The predicted molar refractivity (Wildman–Crippen MR) is 96.7 cm³/mol. The molecule has 7 nitrogen and oxygen atoms in total. The highest BCUT2D eigenvalue weighted by atomic mass is 16.7. The number of allylic oxidation sites excluding steroid dienone is 2. The minimum absolute atomic E-state index is 0.252. The number of nitrogens with one attached hydrogen (secondary N) is 1. The number of hydrogen-bond acceptors (Lipinski definition) is 6. The minimum atomic E-state index is 0.252. The molecule has 0 radical (unpaired) electrons. The van der Waals surface area contributed by atoms with Crippen LogP contribution in [0, 0.1) is 0 Å². The number of nitrogens with zero attached hydrogens (tertiary/aromatic N) is 4. The largest absolute Gasteiger partial charge is 0.454 e. The molecule has 0 spiro atoms. The second kappa shape index (κ2) is 5.96. The lowest BCUT2D eigenvalue weighted by Gasteiger charge is -2.26. The predicted octanol–water partition coefficient (Wildman–Crippen LogP) is 2.88. The van der Waals surface area contributed by atoms with Gasteiger partial charge in [0.15, 0.2) is 11.5 Å². The van der Waals surface area contributed by atoms with Crippen molar-refractivity contribution in [2.75, 3.05) is 11.8 Å². The van der Waals surface area contributed by atoms with E-state index in [0.29, 0.717) is 0 Å². The number of hydrazine groups is 1. The zero-order chi connectivity index (χ0) is 17.3. The van der Waals surface area contributed by atoms with Gasteiger partial charge in [-0.1, -0.05) is 0 Å². The Morgan fingerprint density at radius 3 is 2.88 bits per heavy atom. The van der Waals surface area contributed by atoms with Crippen molar-refractivity contribution in [3.63, 3.8) is 0 Å². The molecule has 0 amide bonds. The monoisotopic (exact) mass is 345 g/mol. The molecule has 0 atom stereocenters. The molecule has 26 heavy (non-hydrogen) atoms. The quantitative estimate of drug-likeness (QED) is 0.787. The first-order valence-electron chi connectivity index (χ1n) is 8.17. The third-order valence-corrected chi connectivity index (χ3v) is 4.18. The molecule has 3 aromatic rings. The maximum absolute atomic E-state index is 5.48. The molecule has 4 heterocycles. The maximum atomic E-state index is 5.48. The first kappa shape index (κ1) is 14.6. The van der Waals surface area contributed by atoms with Crippen LogP contribution < -0.4 is 19.9 Å². The van der Waals surface area contributed by atoms with Gasteiger partial charge in [-0.05, 0) is 42.5 Å². The van der Waals surface area contributed by atoms with Crippen LogP contribution in [0.2, 0.25) is 0 Å². The molecular weight excluding hydrogens is 330 g/mol. The van der Waals surface area contributed by atoms with Gasteiger partial charge in [0.05, 0.1) is 35.2 Å². The molecule has 0 saturated heterocycles. The number of hydrogen-bond donors (Lipinski definition) is 1. The molecule has 0 aliphatic carbocycles. The van der Waals surface area contributed by atoms with E-state index in [-0.39, 0.29) is 6.79 Å². The smallest absolute Gasteiger partial charge is 0.231 e. The number of ether oxygens (including phenoxy) is 2. The Morgan fingerprint density at radius 1 is 1.00 bits per heavy atom. The highest BCUT2D eigenvalue weighted by Gasteiger charge is 2.18. The molecule has 128 valence electrons. The van der Waals surface area contributed by atoms with Gasteiger partial charge in [0.2, 0.25) is 6.79 Å².